The van der Waals surface area contributed by atoms with E-state index in [0.29, 0.717) is 23.1 Å². The lowest BCUT2D eigenvalue weighted by Gasteiger charge is -2.33. The fourth-order valence-corrected chi connectivity index (χ4v) is 4.61. The molecule has 1 aliphatic carbocycles. The van der Waals surface area contributed by atoms with Gasteiger partial charge in [-0.3, -0.25) is 10.2 Å². The number of fused-ring (bicyclic) bond motifs is 1. The monoisotopic (exact) mass is 364 g/mol. The molecule has 1 saturated heterocycles. The molecule has 6 heteroatoms. The van der Waals surface area contributed by atoms with Gasteiger partial charge >= 0.3 is 0 Å². The number of aryl methyl sites for hydroxylation is 2. The zero-order chi connectivity index (χ0) is 19.0. The van der Waals surface area contributed by atoms with Crippen LogP contribution in [0.1, 0.15) is 57.9 Å². The lowest BCUT2D eigenvalue weighted by Crippen LogP contribution is -2.44. The molecule has 1 aromatic carbocycles. The molecule has 1 aliphatic heterocycles. The van der Waals surface area contributed by atoms with Gasteiger partial charge in [0.25, 0.3) is 5.91 Å². The summed E-state index contributed by atoms with van der Waals surface area (Å²) in [5.41, 5.74) is 10.9. The fraction of sp³-hybridized carbons (Fsp3) is 0.429. The van der Waals surface area contributed by atoms with Gasteiger partial charge < -0.3 is 9.73 Å². The zero-order valence-corrected chi connectivity index (χ0v) is 15.6. The summed E-state index contributed by atoms with van der Waals surface area (Å²) in [4.78, 5) is 12.9. The molecule has 0 spiro atoms. The largest absolute Gasteiger partial charge is 0.472 e. The second kappa shape index (κ2) is 7.18. The number of amides is 1. The van der Waals surface area contributed by atoms with Crippen LogP contribution in [0.5, 0.6) is 0 Å². The van der Waals surface area contributed by atoms with E-state index < -0.39 is 0 Å². The molecule has 140 valence electrons. The van der Waals surface area contributed by atoms with E-state index in [9.17, 15) is 4.79 Å². The Hall–Kier alpha value is -2.62. The Bertz CT molecular complexity index is 861. The third-order valence-electron chi connectivity index (χ3n) is 5.88. The summed E-state index contributed by atoms with van der Waals surface area (Å²) in [5.74, 6) is 0.363. The second-order valence-electron chi connectivity index (χ2n) is 7.67. The van der Waals surface area contributed by atoms with Crippen LogP contribution < -0.4 is 16.2 Å². The molecule has 2 fully saturated rings. The number of nitriles is 1. The van der Waals surface area contributed by atoms with Gasteiger partial charge in [-0.1, -0.05) is 0 Å². The van der Waals surface area contributed by atoms with Crippen LogP contribution in [0.2, 0.25) is 0 Å². The Labute approximate surface area is 158 Å². The van der Waals surface area contributed by atoms with Gasteiger partial charge in [-0.15, -0.1) is 0 Å². The number of hydrogen-bond donors (Lipinski definition) is 3. The Morgan fingerprint density at radius 2 is 2.04 bits per heavy atom. The van der Waals surface area contributed by atoms with Crippen LogP contribution in [0.4, 0.5) is 0 Å². The molecule has 0 radical (unpaired) electrons. The Balaban J connectivity index is 1.48. The second-order valence-corrected chi connectivity index (χ2v) is 7.67. The fourth-order valence-electron chi connectivity index (χ4n) is 4.61. The van der Waals surface area contributed by atoms with Gasteiger partial charge in [0, 0.05) is 23.2 Å². The number of rotatable bonds is 3. The van der Waals surface area contributed by atoms with Crippen molar-refractivity contribution in [3.05, 3.63) is 58.5 Å². The molecule has 1 saturated carbocycles. The number of carbonyl (C=O) groups excluding carboxylic acids is 1. The van der Waals surface area contributed by atoms with E-state index in [4.69, 9.17) is 9.68 Å². The van der Waals surface area contributed by atoms with Crippen molar-refractivity contribution in [1.29, 1.82) is 5.26 Å². The van der Waals surface area contributed by atoms with Gasteiger partial charge in [-0.2, -0.15) is 5.26 Å². The van der Waals surface area contributed by atoms with Crippen molar-refractivity contribution < 1.29 is 9.21 Å². The highest BCUT2D eigenvalue weighted by atomic mass is 16.3. The smallest absolute Gasteiger partial charge is 0.252 e. The highest BCUT2D eigenvalue weighted by molar-refractivity contribution is 5.97. The van der Waals surface area contributed by atoms with Crippen molar-refractivity contribution in [2.24, 2.45) is 5.92 Å². The lowest BCUT2D eigenvalue weighted by atomic mass is 9.77. The molecular weight excluding hydrogens is 340 g/mol. The first kappa shape index (κ1) is 17.8. The van der Waals surface area contributed by atoms with Crippen molar-refractivity contribution in [2.75, 3.05) is 0 Å². The van der Waals surface area contributed by atoms with E-state index in [1.807, 2.05) is 19.9 Å². The number of furan rings is 1. The highest BCUT2D eigenvalue weighted by Crippen LogP contribution is 2.38. The minimum absolute atomic E-state index is 0.0447. The van der Waals surface area contributed by atoms with Gasteiger partial charge in [0.1, 0.15) is 0 Å². The van der Waals surface area contributed by atoms with Crippen molar-refractivity contribution in [2.45, 2.75) is 51.2 Å². The predicted octanol–water partition coefficient (Wildman–Crippen LogP) is 2.88. The van der Waals surface area contributed by atoms with E-state index in [2.05, 4.69) is 22.2 Å². The van der Waals surface area contributed by atoms with Gasteiger partial charge in [0.15, 0.2) is 0 Å². The van der Waals surface area contributed by atoms with Crippen LogP contribution >= 0.6 is 0 Å². The van der Waals surface area contributed by atoms with Crippen molar-refractivity contribution >= 4 is 5.91 Å². The van der Waals surface area contributed by atoms with E-state index >= 15 is 0 Å². The van der Waals surface area contributed by atoms with E-state index in [-0.39, 0.29) is 18.0 Å². The standard InChI is InChI=1S/C21H24N4O2/c1-12-7-14(10-22)8-13(2)19(12)21(26)23-16-3-4-18-17(9-16)20(25-24-18)15-5-6-27-11-15/h5-8,11,16-18,20,24-25H,3-4,9H2,1-2H3,(H,23,26). The number of nitrogens with zero attached hydrogens (tertiary/aromatic N) is 1. The molecule has 4 rings (SSSR count). The maximum Gasteiger partial charge on any atom is 0.252 e. The summed E-state index contributed by atoms with van der Waals surface area (Å²) in [5, 5.41) is 12.3. The lowest BCUT2D eigenvalue weighted by molar-refractivity contribution is 0.0914. The first-order valence-corrected chi connectivity index (χ1v) is 9.42. The molecule has 3 N–H and O–H groups in total. The van der Waals surface area contributed by atoms with Gasteiger partial charge in [-0.25, -0.2) is 5.43 Å². The molecule has 2 heterocycles. The zero-order valence-electron chi connectivity index (χ0n) is 15.6. The predicted molar refractivity (Wildman–Crippen MR) is 101 cm³/mol. The molecule has 0 bridgehead atoms. The van der Waals surface area contributed by atoms with E-state index in [1.165, 1.54) is 0 Å². The van der Waals surface area contributed by atoms with E-state index in [0.717, 1.165) is 36.0 Å². The summed E-state index contributed by atoms with van der Waals surface area (Å²) >= 11 is 0. The molecule has 2 aromatic rings. The maximum absolute atomic E-state index is 12.9. The van der Waals surface area contributed by atoms with Crippen LogP contribution in [0.25, 0.3) is 0 Å². The SMILES string of the molecule is Cc1cc(C#N)cc(C)c1C(=O)NC1CCC2NNC(c3ccoc3)C2C1. The van der Waals surface area contributed by atoms with Crippen LogP contribution in [0.15, 0.2) is 35.1 Å². The summed E-state index contributed by atoms with van der Waals surface area (Å²) in [6.07, 6.45) is 6.37. The summed E-state index contributed by atoms with van der Waals surface area (Å²) in [7, 11) is 0. The van der Waals surface area contributed by atoms with Crippen molar-refractivity contribution in [3.8, 4) is 6.07 Å². The Kier molecular flexibility index (Phi) is 4.73. The number of benzene rings is 1. The summed E-state index contributed by atoms with van der Waals surface area (Å²) in [6, 6.07) is 8.45. The Morgan fingerprint density at radius 1 is 1.26 bits per heavy atom. The van der Waals surface area contributed by atoms with Gasteiger partial charge in [0.05, 0.1) is 30.2 Å². The number of hydrogen-bond acceptors (Lipinski definition) is 5. The van der Waals surface area contributed by atoms with Gasteiger partial charge in [-0.05, 0) is 68.4 Å². The average molecular weight is 364 g/mol. The van der Waals surface area contributed by atoms with Crippen molar-refractivity contribution in [3.63, 3.8) is 0 Å². The Morgan fingerprint density at radius 3 is 2.70 bits per heavy atom. The third-order valence-corrected chi connectivity index (χ3v) is 5.88. The summed E-state index contributed by atoms with van der Waals surface area (Å²) < 4.78 is 5.24. The first-order valence-electron chi connectivity index (χ1n) is 9.42. The number of nitrogens with one attached hydrogen (secondary N) is 3. The average Bonchev–Trinajstić information content (AvgIpc) is 3.29. The summed E-state index contributed by atoms with van der Waals surface area (Å²) in [6.45, 7) is 3.78. The molecule has 27 heavy (non-hydrogen) atoms. The number of carbonyl (C=O) groups is 1. The minimum atomic E-state index is -0.0447. The third kappa shape index (κ3) is 3.36. The molecule has 4 unspecified atom stereocenters. The first-order chi connectivity index (χ1) is 13.1. The van der Waals surface area contributed by atoms with Crippen LogP contribution in [-0.4, -0.2) is 18.0 Å². The van der Waals surface area contributed by atoms with E-state index in [1.54, 1.807) is 24.7 Å². The quantitative estimate of drug-likeness (QED) is 0.779. The minimum Gasteiger partial charge on any atom is -0.472 e. The molecule has 1 aromatic heterocycles. The van der Waals surface area contributed by atoms with Crippen molar-refractivity contribution in [1.82, 2.24) is 16.2 Å². The molecular formula is C21H24N4O2. The molecule has 2 aliphatic rings. The van der Waals surface area contributed by atoms with Gasteiger partial charge in [0.2, 0.25) is 0 Å². The van der Waals surface area contributed by atoms with Crippen LogP contribution in [-0.2, 0) is 0 Å². The molecule has 4 atom stereocenters. The van der Waals surface area contributed by atoms with Crippen LogP contribution in [0.3, 0.4) is 0 Å². The molecule has 6 nitrogen and oxygen atoms in total. The normalized spacial score (nSPS) is 27.0. The highest BCUT2D eigenvalue weighted by Gasteiger charge is 2.41. The van der Waals surface area contributed by atoms with Crippen LogP contribution in [0, 0.1) is 31.1 Å². The topological polar surface area (TPSA) is 90.1 Å². The molecule has 1 amide bonds. The number of hydrazine groups is 1. The maximum atomic E-state index is 12.9.